The van der Waals surface area contributed by atoms with Crippen molar-refractivity contribution in [2.75, 3.05) is 13.2 Å². The van der Waals surface area contributed by atoms with Gasteiger partial charge in [0.15, 0.2) is 0 Å². The average Bonchev–Trinajstić information content (AvgIpc) is 2.69. The molecule has 17 heavy (non-hydrogen) atoms. The SMILES string of the molecule is CC(CO)CCCNCc1cc(C#N)n(C)c1. The highest BCUT2D eigenvalue weighted by Crippen LogP contribution is 2.06. The number of hydrogen-bond donors (Lipinski definition) is 2. The van der Waals surface area contributed by atoms with Gasteiger partial charge >= 0.3 is 0 Å². The highest BCUT2D eigenvalue weighted by molar-refractivity contribution is 5.28. The predicted molar refractivity (Wildman–Crippen MR) is 67.3 cm³/mol. The van der Waals surface area contributed by atoms with Gasteiger partial charge in [-0.2, -0.15) is 5.26 Å². The molecule has 2 N–H and O–H groups in total. The van der Waals surface area contributed by atoms with Gasteiger partial charge in [-0.25, -0.2) is 0 Å². The second-order valence-electron chi connectivity index (χ2n) is 4.56. The normalized spacial score (nSPS) is 12.4. The minimum absolute atomic E-state index is 0.268. The maximum absolute atomic E-state index is 8.88. The maximum Gasteiger partial charge on any atom is 0.120 e. The molecule has 0 aliphatic carbocycles. The van der Waals surface area contributed by atoms with Crippen molar-refractivity contribution in [1.29, 1.82) is 5.26 Å². The molecule has 1 unspecified atom stereocenters. The van der Waals surface area contributed by atoms with Gasteiger partial charge in [0.25, 0.3) is 0 Å². The van der Waals surface area contributed by atoms with E-state index in [0.29, 0.717) is 11.6 Å². The van der Waals surface area contributed by atoms with E-state index in [2.05, 4.69) is 18.3 Å². The predicted octanol–water partition coefficient (Wildman–Crippen LogP) is 1.39. The van der Waals surface area contributed by atoms with Gasteiger partial charge in [-0.15, -0.1) is 0 Å². The Bertz CT molecular complexity index is 379. The van der Waals surface area contributed by atoms with Crippen molar-refractivity contribution < 1.29 is 5.11 Å². The third-order valence-electron chi connectivity index (χ3n) is 2.87. The third-order valence-corrected chi connectivity index (χ3v) is 2.87. The number of aliphatic hydroxyl groups excluding tert-OH is 1. The molecule has 0 amide bonds. The van der Waals surface area contributed by atoms with Crippen molar-refractivity contribution >= 4 is 0 Å². The van der Waals surface area contributed by atoms with Crippen molar-refractivity contribution in [3.05, 3.63) is 23.5 Å². The molecule has 0 radical (unpaired) electrons. The van der Waals surface area contributed by atoms with Crippen LogP contribution in [0.5, 0.6) is 0 Å². The van der Waals surface area contributed by atoms with Gasteiger partial charge in [-0.05, 0) is 36.9 Å². The molecule has 0 saturated carbocycles. The number of aromatic nitrogens is 1. The Morgan fingerprint density at radius 1 is 1.59 bits per heavy atom. The molecule has 4 nitrogen and oxygen atoms in total. The van der Waals surface area contributed by atoms with Gasteiger partial charge in [-0.3, -0.25) is 0 Å². The number of rotatable bonds is 7. The van der Waals surface area contributed by atoms with Crippen LogP contribution in [0.4, 0.5) is 0 Å². The standard InChI is InChI=1S/C13H21N3O/c1-11(10-17)4-3-5-15-8-12-6-13(7-14)16(2)9-12/h6,9,11,15,17H,3-5,8,10H2,1-2H3. The Morgan fingerprint density at radius 2 is 2.35 bits per heavy atom. The summed E-state index contributed by atoms with van der Waals surface area (Å²) in [6, 6.07) is 4.05. The Hall–Kier alpha value is -1.31. The first-order valence-electron chi connectivity index (χ1n) is 6.04. The summed E-state index contributed by atoms with van der Waals surface area (Å²) in [6.45, 7) is 4.06. The van der Waals surface area contributed by atoms with Crippen LogP contribution in [0.15, 0.2) is 12.3 Å². The summed E-state index contributed by atoms with van der Waals surface area (Å²) in [5.74, 6) is 0.388. The van der Waals surface area contributed by atoms with Crippen LogP contribution in [0, 0.1) is 17.2 Å². The van der Waals surface area contributed by atoms with Crippen LogP contribution >= 0.6 is 0 Å². The van der Waals surface area contributed by atoms with Crippen LogP contribution in [0.3, 0.4) is 0 Å². The van der Waals surface area contributed by atoms with Gasteiger partial charge in [0.1, 0.15) is 11.8 Å². The van der Waals surface area contributed by atoms with E-state index >= 15 is 0 Å². The summed E-state index contributed by atoms with van der Waals surface area (Å²) in [6.07, 6.45) is 4.09. The van der Waals surface area contributed by atoms with E-state index in [1.54, 1.807) is 0 Å². The molecule has 0 saturated heterocycles. The zero-order chi connectivity index (χ0) is 12.7. The first kappa shape index (κ1) is 13.8. The summed E-state index contributed by atoms with van der Waals surface area (Å²) in [7, 11) is 1.88. The van der Waals surface area contributed by atoms with Gasteiger partial charge in [0.05, 0.1) is 0 Å². The van der Waals surface area contributed by atoms with Crippen LogP contribution in [-0.4, -0.2) is 22.8 Å². The van der Waals surface area contributed by atoms with Gasteiger partial charge in [-0.1, -0.05) is 6.92 Å². The molecule has 0 aliphatic heterocycles. The molecule has 1 aromatic heterocycles. The Kier molecular flexibility index (Phi) is 5.75. The molecule has 0 spiro atoms. The zero-order valence-electron chi connectivity index (χ0n) is 10.6. The number of nitrogens with zero attached hydrogens (tertiary/aromatic N) is 2. The van der Waals surface area contributed by atoms with E-state index in [0.717, 1.165) is 31.5 Å². The molecule has 0 fully saturated rings. The third kappa shape index (κ3) is 4.59. The zero-order valence-corrected chi connectivity index (χ0v) is 10.6. The van der Waals surface area contributed by atoms with Crippen LogP contribution in [0.25, 0.3) is 0 Å². The summed E-state index contributed by atoms with van der Waals surface area (Å²) in [4.78, 5) is 0. The van der Waals surface area contributed by atoms with Crippen molar-refractivity contribution in [2.45, 2.75) is 26.3 Å². The summed E-state index contributed by atoms with van der Waals surface area (Å²) < 4.78 is 1.84. The molecular weight excluding hydrogens is 214 g/mol. The molecule has 4 heteroatoms. The van der Waals surface area contributed by atoms with Crippen molar-refractivity contribution in [3.63, 3.8) is 0 Å². The van der Waals surface area contributed by atoms with E-state index in [1.807, 2.05) is 23.9 Å². The van der Waals surface area contributed by atoms with E-state index in [4.69, 9.17) is 10.4 Å². The quantitative estimate of drug-likeness (QED) is 0.702. The monoisotopic (exact) mass is 235 g/mol. The summed E-state index contributed by atoms with van der Waals surface area (Å²) >= 11 is 0. The summed E-state index contributed by atoms with van der Waals surface area (Å²) in [5, 5.41) is 21.0. The first-order chi connectivity index (χ1) is 8.17. The van der Waals surface area contributed by atoms with E-state index in [1.165, 1.54) is 0 Å². The van der Waals surface area contributed by atoms with Crippen molar-refractivity contribution in [3.8, 4) is 6.07 Å². The Balaban J connectivity index is 2.20. The fourth-order valence-corrected chi connectivity index (χ4v) is 1.74. The highest BCUT2D eigenvalue weighted by atomic mass is 16.3. The minimum Gasteiger partial charge on any atom is -0.396 e. The number of nitriles is 1. The van der Waals surface area contributed by atoms with E-state index < -0.39 is 0 Å². The van der Waals surface area contributed by atoms with Crippen molar-refractivity contribution in [2.24, 2.45) is 13.0 Å². The Labute approximate surface area is 103 Å². The second kappa shape index (κ2) is 7.10. The molecule has 1 atom stereocenters. The van der Waals surface area contributed by atoms with Crippen LogP contribution < -0.4 is 5.32 Å². The summed E-state index contributed by atoms with van der Waals surface area (Å²) in [5.41, 5.74) is 1.83. The number of aryl methyl sites for hydroxylation is 1. The molecule has 0 aromatic carbocycles. The van der Waals surface area contributed by atoms with E-state index in [-0.39, 0.29) is 6.61 Å². The highest BCUT2D eigenvalue weighted by Gasteiger charge is 2.02. The fraction of sp³-hybridized carbons (Fsp3) is 0.615. The molecule has 0 bridgehead atoms. The lowest BCUT2D eigenvalue weighted by Crippen LogP contribution is -2.15. The van der Waals surface area contributed by atoms with Crippen LogP contribution in [-0.2, 0) is 13.6 Å². The number of nitrogens with one attached hydrogen (secondary N) is 1. The Morgan fingerprint density at radius 3 is 2.94 bits per heavy atom. The van der Waals surface area contributed by atoms with E-state index in [9.17, 15) is 0 Å². The molecular formula is C13H21N3O. The lowest BCUT2D eigenvalue weighted by atomic mass is 10.1. The number of aliphatic hydroxyl groups is 1. The van der Waals surface area contributed by atoms with Gasteiger partial charge < -0.3 is 15.0 Å². The molecule has 1 aromatic rings. The minimum atomic E-state index is 0.268. The fourth-order valence-electron chi connectivity index (χ4n) is 1.74. The second-order valence-corrected chi connectivity index (χ2v) is 4.56. The topological polar surface area (TPSA) is 61.0 Å². The smallest absolute Gasteiger partial charge is 0.120 e. The molecule has 0 aliphatic rings. The lowest BCUT2D eigenvalue weighted by Gasteiger charge is -2.07. The maximum atomic E-state index is 8.88. The van der Waals surface area contributed by atoms with Crippen molar-refractivity contribution in [1.82, 2.24) is 9.88 Å². The molecule has 1 rings (SSSR count). The van der Waals surface area contributed by atoms with Gasteiger partial charge in [0, 0.05) is 26.4 Å². The van der Waals surface area contributed by atoms with Gasteiger partial charge in [0.2, 0.25) is 0 Å². The van der Waals surface area contributed by atoms with Crippen LogP contribution in [0.2, 0.25) is 0 Å². The average molecular weight is 235 g/mol. The first-order valence-corrected chi connectivity index (χ1v) is 6.04. The molecule has 1 heterocycles. The lowest BCUT2D eigenvalue weighted by molar-refractivity contribution is 0.228. The largest absolute Gasteiger partial charge is 0.396 e. The van der Waals surface area contributed by atoms with Crippen LogP contribution in [0.1, 0.15) is 31.0 Å². The number of hydrogen-bond acceptors (Lipinski definition) is 3. The molecule has 94 valence electrons.